The van der Waals surface area contributed by atoms with Gasteiger partial charge in [-0.2, -0.15) is 0 Å². The Hall–Kier alpha value is -2.10. The van der Waals surface area contributed by atoms with Crippen molar-refractivity contribution in [2.45, 2.75) is 27.3 Å². The smallest absolute Gasteiger partial charge is 0.296 e. The fourth-order valence-electron chi connectivity index (χ4n) is 2.20. The zero-order valence-electron chi connectivity index (χ0n) is 10.8. The van der Waals surface area contributed by atoms with Gasteiger partial charge in [-0.1, -0.05) is 17.7 Å². The number of aryl methyl sites for hydroxylation is 3. The van der Waals surface area contributed by atoms with E-state index in [1.54, 1.807) is 0 Å². The third kappa shape index (κ3) is 2.42. The molecule has 0 radical (unpaired) electrons. The molecule has 0 aliphatic carbocycles. The van der Waals surface area contributed by atoms with Crippen LogP contribution in [0.5, 0.6) is 0 Å². The van der Waals surface area contributed by atoms with Crippen LogP contribution in [-0.2, 0) is 6.54 Å². The van der Waals surface area contributed by atoms with Gasteiger partial charge in [0.1, 0.15) is 0 Å². The van der Waals surface area contributed by atoms with Crippen molar-refractivity contribution in [1.29, 1.82) is 0 Å². The summed E-state index contributed by atoms with van der Waals surface area (Å²) in [5.74, 6) is 0. The summed E-state index contributed by atoms with van der Waals surface area (Å²) in [4.78, 5) is 24.9. The minimum absolute atomic E-state index is 0.367. The number of hydrogen-bond donors (Lipinski definition) is 1. The third-order valence-corrected chi connectivity index (χ3v) is 3.07. The maximum atomic E-state index is 11.6. The van der Waals surface area contributed by atoms with Crippen LogP contribution in [0.3, 0.4) is 0 Å². The first-order valence-corrected chi connectivity index (χ1v) is 5.84. The van der Waals surface area contributed by atoms with Crippen LogP contribution in [0.25, 0.3) is 0 Å². The molecule has 4 nitrogen and oxygen atoms in total. The van der Waals surface area contributed by atoms with E-state index < -0.39 is 0 Å². The van der Waals surface area contributed by atoms with Crippen LogP contribution < -0.4 is 11.2 Å². The minimum atomic E-state index is -0.373. The van der Waals surface area contributed by atoms with E-state index in [-0.39, 0.29) is 11.2 Å². The number of nitrogens with zero attached hydrogens (tertiary/aromatic N) is 1. The Labute approximate surface area is 105 Å². The molecule has 0 saturated carbocycles. The van der Waals surface area contributed by atoms with E-state index in [9.17, 15) is 9.59 Å². The molecular formula is C14H16N2O2. The largest absolute Gasteiger partial charge is 0.328 e. The molecular weight excluding hydrogens is 228 g/mol. The molecule has 4 heteroatoms. The van der Waals surface area contributed by atoms with E-state index in [0.717, 1.165) is 16.7 Å². The standard InChI is InChI=1S/C14H16N2O2/c1-9-6-10(2)12(11(3)7-9)8-16-5-4-13(17)15-14(16)18/h4-7H,8H2,1-3H3,(H,15,17,18). The second kappa shape index (κ2) is 4.64. The molecule has 0 fully saturated rings. The summed E-state index contributed by atoms with van der Waals surface area (Å²) >= 11 is 0. The summed E-state index contributed by atoms with van der Waals surface area (Å²) in [6, 6.07) is 5.55. The molecule has 0 atom stereocenters. The third-order valence-electron chi connectivity index (χ3n) is 3.07. The Balaban J connectivity index is 2.46. The lowest BCUT2D eigenvalue weighted by Crippen LogP contribution is -2.29. The molecule has 1 heterocycles. The number of benzene rings is 1. The molecule has 0 amide bonds. The number of nitrogens with one attached hydrogen (secondary N) is 1. The average Bonchev–Trinajstić information content (AvgIpc) is 2.25. The summed E-state index contributed by atoms with van der Waals surface area (Å²) in [6.45, 7) is 6.60. The van der Waals surface area contributed by atoms with Crippen LogP contribution in [0.15, 0.2) is 34.0 Å². The normalized spacial score (nSPS) is 10.6. The maximum Gasteiger partial charge on any atom is 0.328 e. The van der Waals surface area contributed by atoms with Crippen molar-refractivity contribution in [1.82, 2.24) is 9.55 Å². The molecule has 0 bridgehead atoms. The average molecular weight is 244 g/mol. The predicted molar refractivity (Wildman–Crippen MR) is 71.1 cm³/mol. The van der Waals surface area contributed by atoms with Gasteiger partial charge < -0.3 is 0 Å². The van der Waals surface area contributed by atoms with Gasteiger partial charge in [-0.05, 0) is 37.5 Å². The van der Waals surface area contributed by atoms with Gasteiger partial charge in [-0.15, -0.1) is 0 Å². The van der Waals surface area contributed by atoms with E-state index >= 15 is 0 Å². The lowest BCUT2D eigenvalue weighted by Gasteiger charge is -2.12. The van der Waals surface area contributed by atoms with Crippen molar-refractivity contribution in [2.75, 3.05) is 0 Å². The van der Waals surface area contributed by atoms with Crippen molar-refractivity contribution in [3.05, 3.63) is 67.5 Å². The highest BCUT2D eigenvalue weighted by molar-refractivity contribution is 5.37. The van der Waals surface area contributed by atoms with E-state index in [1.807, 2.05) is 13.8 Å². The molecule has 2 aromatic rings. The molecule has 0 unspecified atom stereocenters. The molecule has 0 aliphatic rings. The quantitative estimate of drug-likeness (QED) is 0.870. The first kappa shape index (κ1) is 12.4. The minimum Gasteiger partial charge on any atom is -0.296 e. The Morgan fingerprint density at radius 1 is 1.11 bits per heavy atom. The second-order valence-corrected chi connectivity index (χ2v) is 4.62. The van der Waals surface area contributed by atoms with Crippen LogP contribution >= 0.6 is 0 Å². The van der Waals surface area contributed by atoms with Gasteiger partial charge >= 0.3 is 5.69 Å². The maximum absolute atomic E-state index is 11.6. The van der Waals surface area contributed by atoms with Gasteiger partial charge in [0.15, 0.2) is 0 Å². The summed E-state index contributed by atoms with van der Waals surface area (Å²) in [7, 11) is 0. The number of aromatic amines is 1. The highest BCUT2D eigenvalue weighted by Gasteiger charge is 2.06. The number of H-pyrrole nitrogens is 1. The van der Waals surface area contributed by atoms with Gasteiger partial charge in [0.05, 0.1) is 6.54 Å². The molecule has 94 valence electrons. The lowest BCUT2D eigenvalue weighted by molar-refractivity contribution is 0.714. The highest BCUT2D eigenvalue weighted by atomic mass is 16.2. The van der Waals surface area contributed by atoms with Crippen molar-refractivity contribution < 1.29 is 0 Å². The molecule has 1 aromatic carbocycles. The Bertz CT molecular complexity index is 672. The van der Waals surface area contributed by atoms with Crippen molar-refractivity contribution >= 4 is 0 Å². The summed E-state index contributed by atoms with van der Waals surface area (Å²) in [5.41, 5.74) is 3.91. The zero-order chi connectivity index (χ0) is 13.3. The molecule has 1 N–H and O–H groups in total. The number of rotatable bonds is 2. The SMILES string of the molecule is Cc1cc(C)c(Cn2ccc(=O)[nH]c2=O)c(C)c1. The van der Waals surface area contributed by atoms with E-state index in [0.29, 0.717) is 6.54 Å². The van der Waals surface area contributed by atoms with E-state index in [4.69, 9.17) is 0 Å². The zero-order valence-corrected chi connectivity index (χ0v) is 10.8. The Morgan fingerprint density at radius 2 is 1.72 bits per heavy atom. The second-order valence-electron chi connectivity index (χ2n) is 4.62. The highest BCUT2D eigenvalue weighted by Crippen LogP contribution is 2.16. The summed E-state index contributed by atoms with van der Waals surface area (Å²) in [6.07, 6.45) is 1.53. The van der Waals surface area contributed by atoms with Crippen molar-refractivity contribution in [3.8, 4) is 0 Å². The van der Waals surface area contributed by atoms with Gasteiger partial charge in [-0.3, -0.25) is 14.3 Å². The van der Waals surface area contributed by atoms with Crippen molar-refractivity contribution in [2.24, 2.45) is 0 Å². The Kier molecular flexibility index (Phi) is 3.19. The van der Waals surface area contributed by atoms with Crippen LogP contribution in [0.2, 0.25) is 0 Å². The van der Waals surface area contributed by atoms with E-state index in [1.165, 1.54) is 22.4 Å². The fourth-order valence-corrected chi connectivity index (χ4v) is 2.20. The molecule has 2 rings (SSSR count). The number of hydrogen-bond acceptors (Lipinski definition) is 2. The molecule has 0 spiro atoms. The monoisotopic (exact) mass is 244 g/mol. The van der Waals surface area contributed by atoms with E-state index in [2.05, 4.69) is 24.0 Å². The van der Waals surface area contributed by atoms with Crippen LogP contribution in [0.1, 0.15) is 22.3 Å². The molecule has 1 aromatic heterocycles. The van der Waals surface area contributed by atoms with Gasteiger partial charge in [0, 0.05) is 12.3 Å². The summed E-state index contributed by atoms with van der Waals surface area (Å²) in [5, 5.41) is 0. The van der Waals surface area contributed by atoms with Crippen molar-refractivity contribution in [3.63, 3.8) is 0 Å². The van der Waals surface area contributed by atoms with Crippen LogP contribution in [0.4, 0.5) is 0 Å². The summed E-state index contributed by atoms with van der Waals surface area (Å²) < 4.78 is 1.51. The predicted octanol–water partition coefficient (Wildman–Crippen LogP) is 1.51. The first-order valence-electron chi connectivity index (χ1n) is 5.84. The van der Waals surface area contributed by atoms with Crippen LogP contribution in [0, 0.1) is 20.8 Å². The molecule has 0 aliphatic heterocycles. The first-order chi connectivity index (χ1) is 8.47. The van der Waals surface area contributed by atoms with Crippen LogP contribution in [-0.4, -0.2) is 9.55 Å². The number of aromatic nitrogens is 2. The van der Waals surface area contributed by atoms with Gasteiger partial charge in [0.2, 0.25) is 0 Å². The van der Waals surface area contributed by atoms with Gasteiger partial charge in [0.25, 0.3) is 5.56 Å². The Morgan fingerprint density at radius 3 is 2.28 bits per heavy atom. The topological polar surface area (TPSA) is 54.9 Å². The lowest BCUT2D eigenvalue weighted by atomic mass is 10.00. The fraction of sp³-hybridized carbons (Fsp3) is 0.286. The van der Waals surface area contributed by atoms with Gasteiger partial charge in [-0.25, -0.2) is 4.79 Å². The molecule has 18 heavy (non-hydrogen) atoms. The molecule has 0 saturated heterocycles.